The molecule has 0 aliphatic rings. The van der Waals surface area contributed by atoms with E-state index >= 15 is 0 Å². The minimum Gasteiger partial charge on any atom is -0.508 e. The fourth-order valence-electron chi connectivity index (χ4n) is 1.56. The first-order valence-corrected chi connectivity index (χ1v) is 5.38. The van der Waals surface area contributed by atoms with Gasteiger partial charge >= 0.3 is 0 Å². The van der Waals surface area contributed by atoms with Crippen LogP contribution >= 0.6 is 0 Å². The van der Waals surface area contributed by atoms with Gasteiger partial charge in [0.15, 0.2) is 0 Å². The Balaban J connectivity index is 2.72. The van der Waals surface area contributed by atoms with Gasteiger partial charge in [0, 0.05) is 13.2 Å². The van der Waals surface area contributed by atoms with E-state index in [9.17, 15) is 5.11 Å². The summed E-state index contributed by atoms with van der Waals surface area (Å²) < 4.78 is 5.36. The normalized spacial score (nSPS) is 14.7. The average Bonchev–Trinajstić information content (AvgIpc) is 2.29. The number of aromatic hydroxyl groups is 1. The number of hydrogen-bond donors (Lipinski definition) is 3. The largest absolute Gasteiger partial charge is 0.508 e. The molecule has 3 N–H and O–H groups in total. The Morgan fingerprint density at radius 2 is 1.88 bits per heavy atom. The summed E-state index contributed by atoms with van der Waals surface area (Å²) in [7, 11) is 0. The zero-order chi connectivity index (χ0) is 12.0. The van der Waals surface area contributed by atoms with E-state index in [0.29, 0.717) is 18.6 Å². The number of aliphatic hydroxyl groups is 2. The minimum atomic E-state index is -0.785. The van der Waals surface area contributed by atoms with Crippen LogP contribution in [0.2, 0.25) is 0 Å². The number of hydrogen-bond acceptors (Lipinski definition) is 4. The Morgan fingerprint density at radius 1 is 1.25 bits per heavy atom. The van der Waals surface area contributed by atoms with Gasteiger partial charge < -0.3 is 20.1 Å². The van der Waals surface area contributed by atoms with E-state index in [4.69, 9.17) is 14.9 Å². The highest BCUT2D eigenvalue weighted by atomic mass is 16.5. The molecule has 90 valence electrons. The Labute approximate surface area is 95.1 Å². The molecule has 0 aromatic heterocycles. The van der Waals surface area contributed by atoms with Crippen LogP contribution < -0.4 is 0 Å². The number of aliphatic hydroxyl groups excluding tert-OH is 2. The first-order valence-electron chi connectivity index (χ1n) is 5.38. The number of benzene rings is 1. The smallest absolute Gasteiger partial charge is 0.115 e. The van der Waals surface area contributed by atoms with Gasteiger partial charge in [0.1, 0.15) is 11.9 Å². The van der Waals surface area contributed by atoms with Crippen LogP contribution in [0, 0.1) is 0 Å². The second-order valence-electron chi connectivity index (χ2n) is 3.54. The van der Waals surface area contributed by atoms with Crippen LogP contribution in [0.5, 0.6) is 5.75 Å². The fraction of sp³-hybridized carbons (Fsp3) is 0.500. The highest BCUT2D eigenvalue weighted by molar-refractivity contribution is 5.27. The van der Waals surface area contributed by atoms with Gasteiger partial charge in [-0.2, -0.15) is 0 Å². The predicted octanol–water partition coefficient (Wildman–Crippen LogP) is 1.21. The second kappa shape index (κ2) is 6.48. The van der Waals surface area contributed by atoms with Gasteiger partial charge in [-0.1, -0.05) is 12.1 Å². The highest BCUT2D eigenvalue weighted by Crippen LogP contribution is 2.23. The first kappa shape index (κ1) is 13.0. The lowest BCUT2D eigenvalue weighted by Gasteiger charge is -2.22. The number of rotatable bonds is 6. The van der Waals surface area contributed by atoms with Crippen LogP contribution in [0.4, 0.5) is 0 Å². The zero-order valence-electron chi connectivity index (χ0n) is 9.34. The van der Waals surface area contributed by atoms with Gasteiger partial charge in [0.25, 0.3) is 0 Å². The second-order valence-corrected chi connectivity index (χ2v) is 3.54. The Hall–Kier alpha value is -1.10. The van der Waals surface area contributed by atoms with E-state index in [2.05, 4.69) is 0 Å². The summed E-state index contributed by atoms with van der Waals surface area (Å²) >= 11 is 0. The molecule has 0 unspecified atom stereocenters. The number of phenols is 1. The average molecular weight is 226 g/mol. The SMILES string of the molecule is CCO[C@@H](CCO)[C@@H](O)c1ccc(O)cc1. The number of ether oxygens (including phenoxy) is 1. The molecule has 0 saturated carbocycles. The Bertz CT molecular complexity index is 290. The molecule has 0 heterocycles. The molecule has 4 nitrogen and oxygen atoms in total. The van der Waals surface area contributed by atoms with Crippen LogP contribution in [-0.4, -0.2) is 34.6 Å². The molecular formula is C12H18O4. The van der Waals surface area contributed by atoms with Crippen molar-refractivity contribution < 1.29 is 20.1 Å². The van der Waals surface area contributed by atoms with E-state index in [-0.39, 0.29) is 12.4 Å². The van der Waals surface area contributed by atoms with Gasteiger partial charge in [-0.05, 0) is 31.0 Å². The lowest BCUT2D eigenvalue weighted by atomic mass is 10.0. The van der Waals surface area contributed by atoms with Crippen molar-refractivity contribution in [3.05, 3.63) is 29.8 Å². The molecule has 0 radical (unpaired) electrons. The Morgan fingerprint density at radius 3 is 2.38 bits per heavy atom. The minimum absolute atomic E-state index is 0.0280. The standard InChI is InChI=1S/C12H18O4/c1-2-16-11(7-8-13)12(15)9-3-5-10(14)6-4-9/h3-6,11-15H,2,7-8H2,1H3/t11-,12-/m0/s1. The van der Waals surface area contributed by atoms with Gasteiger partial charge in [-0.3, -0.25) is 0 Å². The molecule has 1 aromatic carbocycles. The van der Waals surface area contributed by atoms with Crippen LogP contribution in [0.25, 0.3) is 0 Å². The zero-order valence-corrected chi connectivity index (χ0v) is 9.34. The quantitative estimate of drug-likeness (QED) is 0.682. The maximum absolute atomic E-state index is 10.0. The maximum Gasteiger partial charge on any atom is 0.115 e. The summed E-state index contributed by atoms with van der Waals surface area (Å²) in [6, 6.07) is 6.31. The van der Waals surface area contributed by atoms with E-state index < -0.39 is 12.2 Å². The summed E-state index contributed by atoms with van der Waals surface area (Å²) in [5.41, 5.74) is 0.671. The third kappa shape index (κ3) is 3.48. The van der Waals surface area contributed by atoms with Gasteiger partial charge in [-0.25, -0.2) is 0 Å². The van der Waals surface area contributed by atoms with Gasteiger partial charge in [0.2, 0.25) is 0 Å². The monoisotopic (exact) mass is 226 g/mol. The van der Waals surface area contributed by atoms with Crippen molar-refractivity contribution in [3.63, 3.8) is 0 Å². The third-order valence-electron chi connectivity index (χ3n) is 2.38. The molecule has 0 bridgehead atoms. The van der Waals surface area contributed by atoms with Gasteiger partial charge in [0.05, 0.1) is 6.10 Å². The van der Waals surface area contributed by atoms with Crippen LogP contribution in [0.3, 0.4) is 0 Å². The lowest BCUT2D eigenvalue weighted by Crippen LogP contribution is -2.23. The molecule has 0 fully saturated rings. The predicted molar refractivity (Wildman–Crippen MR) is 60.2 cm³/mol. The summed E-state index contributed by atoms with van der Waals surface area (Å²) in [4.78, 5) is 0. The molecule has 2 atom stereocenters. The summed E-state index contributed by atoms with van der Waals surface area (Å²) in [6.45, 7) is 2.30. The van der Waals surface area contributed by atoms with E-state index in [1.54, 1.807) is 12.1 Å². The number of phenolic OH excluding ortho intramolecular Hbond substituents is 1. The van der Waals surface area contributed by atoms with Crippen molar-refractivity contribution in [2.45, 2.75) is 25.6 Å². The summed E-state index contributed by atoms with van der Waals surface area (Å²) in [5.74, 6) is 0.158. The highest BCUT2D eigenvalue weighted by Gasteiger charge is 2.20. The van der Waals surface area contributed by atoms with Crippen molar-refractivity contribution in [3.8, 4) is 5.75 Å². The van der Waals surface area contributed by atoms with E-state index in [1.807, 2.05) is 6.92 Å². The maximum atomic E-state index is 10.0. The Kier molecular flexibility index (Phi) is 5.25. The van der Waals surface area contributed by atoms with Crippen molar-refractivity contribution in [2.75, 3.05) is 13.2 Å². The molecule has 0 aliphatic heterocycles. The molecule has 0 spiro atoms. The van der Waals surface area contributed by atoms with Crippen LogP contribution in [0.1, 0.15) is 25.0 Å². The van der Waals surface area contributed by atoms with Crippen molar-refractivity contribution in [1.29, 1.82) is 0 Å². The van der Waals surface area contributed by atoms with Gasteiger partial charge in [-0.15, -0.1) is 0 Å². The molecule has 16 heavy (non-hydrogen) atoms. The van der Waals surface area contributed by atoms with Crippen molar-refractivity contribution in [1.82, 2.24) is 0 Å². The van der Waals surface area contributed by atoms with Crippen LogP contribution in [-0.2, 0) is 4.74 Å². The molecular weight excluding hydrogens is 208 g/mol. The van der Waals surface area contributed by atoms with Crippen molar-refractivity contribution >= 4 is 0 Å². The summed E-state index contributed by atoms with van der Waals surface area (Å²) in [6.07, 6.45) is -0.817. The first-order chi connectivity index (χ1) is 7.69. The summed E-state index contributed by atoms with van der Waals surface area (Å²) in [5, 5.41) is 28.0. The topological polar surface area (TPSA) is 69.9 Å². The van der Waals surface area contributed by atoms with Crippen LogP contribution in [0.15, 0.2) is 24.3 Å². The van der Waals surface area contributed by atoms with E-state index in [0.717, 1.165) is 0 Å². The fourth-order valence-corrected chi connectivity index (χ4v) is 1.56. The molecule has 1 aromatic rings. The third-order valence-corrected chi connectivity index (χ3v) is 2.38. The molecule has 0 saturated heterocycles. The molecule has 1 rings (SSSR count). The van der Waals surface area contributed by atoms with Crippen molar-refractivity contribution in [2.24, 2.45) is 0 Å². The lowest BCUT2D eigenvalue weighted by molar-refractivity contribution is -0.0448. The molecule has 0 aliphatic carbocycles. The molecule has 4 heteroatoms. The van der Waals surface area contributed by atoms with E-state index in [1.165, 1.54) is 12.1 Å². The molecule has 0 amide bonds.